The third-order valence-electron chi connectivity index (χ3n) is 4.47. The summed E-state index contributed by atoms with van der Waals surface area (Å²) in [6.07, 6.45) is 0.466. The molecule has 2 N–H and O–H groups in total. The summed E-state index contributed by atoms with van der Waals surface area (Å²) >= 11 is 0. The molecule has 2 unspecified atom stereocenters. The molecule has 0 saturated heterocycles. The summed E-state index contributed by atoms with van der Waals surface area (Å²) in [4.78, 5) is 23.3. The van der Waals surface area contributed by atoms with Gasteiger partial charge in [-0.3, -0.25) is 4.79 Å². The van der Waals surface area contributed by atoms with Crippen molar-refractivity contribution in [3.05, 3.63) is 64.7 Å². The number of halogens is 2. The molecule has 2 aromatic carbocycles. The Balaban J connectivity index is 1.62. The molecule has 0 aliphatic heterocycles. The maximum atomic E-state index is 13.8. The minimum atomic E-state index is -1.10. The number of rotatable bonds is 6. The molecule has 136 valence electrons. The molecule has 3 rings (SSSR count). The maximum Gasteiger partial charge on any atom is 0.339 e. The number of nitrogens with one attached hydrogen (secondary N) is 1. The van der Waals surface area contributed by atoms with E-state index >= 15 is 0 Å². The van der Waals surface area contributed by atoms with Gasteiger partial charge in [-0.25, -0.2) is 13.6 Å². The molecule has 26 heavy (non-hydrogen) atoms. The molecule has 1 saturated carbocycles. The zero-order chi connectivity index (χ0) is 18.8. The van der Waals surface area contributed by atoms with Crippen LogP contribution in [0.25, 0.3) is 0 Å². The number of benzene rings is 2. The van der Waals surface area contributed by atoms with Crippen LogP contribution in [0.5, 0.6) is 5.75 Å². The predicted molar refractivity (Wildman–Crippen MR) is 89.0 cm³/mol. The van der Waals surface area contributed by atoms with Crippen LogP contribution >= 0.6 is 0 Å². The Morgan fingerprint density at radius 3 is 2.73 bits per heavy atom. The van der Waals surface area contributed by atoms with Gasteiger partial charge < -0.3 is 15.2 Å². The van der Waals surface area contributed by atoms with Crippen LogP contribution in [0.3, 0.4) is 0 Å². The van der Waals surface area contributed by atoms with Crippen molar-refractivity contribution in [3.8, 4) is 5.75 Å². The normalized spacial score (nSPS) is 18.3. The molecule has 2 atom stereocenters. The summed E-state index contributed by atoms with van der Waals surface area (Å²) in [6.45, 7) is 0.184. The average molecular weight is 361 g/mol. The third-order valence-corrected chi connectivity index (χ3v) is 4.47. The first-order chi connectivity index (χ1) is 12.4. The van der Waals surface area contributed by atoms with E-state index in [1.54, 1.807) is 12.1 Å². The van der Waals surface area contributed by atoms with Crippen LogP contribution in [0.4, 0.5) is 8.78 Å². The number of hydrogen-bond acceptors (Lipinski definition) is 3. The van der Waals surface area contributed by atoms with Gasteiger partial charge in [-0.15, -0.1) is 0 Å². The number of carboxylic acid groups (broad SMARTS) is 1. The van der Waals surface area contributed by atoms with Gasteiger partial charge in [0.25, 0.3) is 0 Å². The maximum absolute atomic E-state index is 13.8. The van der Waals surface area contributed by atoms with Crippen molar-refractivity contribution < 1.29 is 28.2 Å². The van der Waals surface area contributed by atoms with Crippen molar-refractivity contribution in [2.24, 2.45) is 5.92 Å². The molecule has 1 aliphatic rings. The number of carbonyl (C=O) groups is 2. The van der Waals surface area contributed by atoms with Gasteiger partial charge in [0.05, 0.1) is 7.11 Å². The van der Waals surface area contributed by atoms with Gasteiger partial charge >= 0.3 is 5.97 Å². The smallest absolute Gasteiger partial charge is 0.339 e. The summed E-state index contributed by atoms with van der Waals surface area (Å²) in [5.41, 5.74) is 0.929. The first-order valence-electron chi connectivity index (χ1n) is 8.04. The fourth-order valence-corrected chi connectivity index (χ4v) is 2.98. The van der Waals surface area contributed by atoms with Gasteiger partial charge in [0.1, 0.15) is 11.3 Å². The minimum absolute atomic E-state index is 0.0337. The highest BCUT2D eigenvalue weighted by molar-refractivity contribution is 5.91. The highest BCUT2D eigenvalue weighted by atomic mass is 19.2. The molecule has 5 nitrogen and oxygen atoms in total. The quantitative estimate of drug-likeness (QED) is 0.829. The summed E-state index contributed by atoms with van der Waals surface area (Å²) in [5.74, 6) is -3.69. The fourth-order valence-electron chi connectivity index (χ4n) is 2.98. The Bertz CT molecular complexity index is 869. The molecular weight excluding hydrogens is 344 g/mol. The zero-order valence-corrected chi connectivity index (χ0v) is 14.0. The Hall–Kier alpha value is -2.96. The SMILES string of the molecule is COc1cc(CNC(=O)C2CC2c2cccc(F)c2F)ccc1C(=O)O. The molecule has 0 heterocycles. The topological polar surface area (TPSA) is 75.6 Å². The van der Waals surface area contributed by atoms with Crippen LogP contribution in [-0.2, 0) is 11.3 Å². The van der Waals surface area contributed by atoms with Crippen LogP contribution in [0.1, 0.15) is 33.8 Å². The van der Waals surface area contributed by atoms with Crippen LogP contribution in [0, 0.1) is 17.6 Å². The van der Waals surface area contributed by atoms with Gasteiger partial charge in [-0.1, -0.05) is 18.2 Å². The van der Waals surface area contributed by atoms with E-state index in [1.807, 2.05) is 0 Å². The van der Waals surface area contributed by atoms with Gasteiger partial charge in [-0.2, -0.15) is 0 Å². The number of amides is 1. The number of hydrogen-bond donors (Lipinski definition) is 2. The van der Waals surface area contributed by atoms with Crippen LogP contribution in [0.15, 0.2) is 36.4 Å². The van der Waals surface area contributed by atoms with Crippen LogP contribution in [0.2, 0.25) is 0 Å². The van der Waals surface area contributed by atoms with Gasteiger partial charge in [0.15, 0.2) is 11.6 Å². The molecule has 0 spiro atoms. The minimum Gasteiger partial charge on any atom is -0.496 e. The lowest BCUT2D eigenvalue weighted by Gasteiger charge is -2.09. The van der Waals surface area contributed by atoms with E-state index in [0.717, 1.165) is 6.07 Å². The monoisotopic (exact) mass is 361 g/mol. The largest absolute Gasteiger partial charge is 0.496 e. The summed E-state index contributed by atoms with van der Waals surface area (Å²) in [5, 5.41) is 11.8. The van der Waals surface area contributed by atoms with Crippen molar-refractivity contribution in [2.75, 3.05) is 7.11 Å². The molecule has 0 bridgehead atoms. The highest BCUT2D eigenvalue weighted by Gasteiger charge is 2.45. The van der Waals surface area contributed by atoms with Crippen molar-refractivity contribution in [2.45, 2.75) is 18.9 Å². The second-order valence-electron chi connectivity index (χ2n) is 6.15. The van der Waals surface area contributed by atoms with Crippen molar-refractivity contribution in [3.63, 3.8) is 0 Å². The second-order valence-corrected chi connectivity index (χ2v) is 6.15. The van der Waals surface area contributed by atoms with E-state index in [2.05, 4.69) is 5.32 Å². The Kier molecular flexibility index (Phi) is 4.88. The molecule has 1 aliphatic carbocycles. The van der Waals surface area contributed by atoms with E-state index < -0.39 is 23.5 Å². The highest BCUT2D eigenvalue weighted by Crippen LogP contribution is 2.48. The average Bonchev–Trinajstić information content (AvgIpc) is 3.42. The van der Waals surface area contributed by atoms with E-state index in [4.69, 9.17) is 9.84 Å². The second kappa shape index (κ2) is 7.11. The molecule has 1 fully saturated rings. The summed E-state index contributed by atoms with van der Waals surface area (Å²) < 4.78 is 32.1. The predicted octanol–water partition coefficient (Wildman–Crippen LogP) is 3.09. The number of methoxy groups -OCH3 is 1. The molecule has 1 amide bonds. The number of carboxylic acids is 1. The van der Waals surface area contributed by atoms with E-state index in [9.17, 15) is 18.4 Å². The standard InChI is InChI=1S/C19H17F2NO4/c1-26-16-7-10(5-6-12(16)19(24)25)9-22-18(23)14-8-13(14)11-3-2-4-15(20)17(11)21/h2-7,13-14H,8-9H2,1H3,(H,22,23)(H,24,25). The van der Waals surface area contributed by atoms with Crippen molar-refractivity contribution in [1.82, 2.24) is 5.32 Å². The number of ether oxygens (including phenoxy) is 1. The van der Waals surface area contributed by atoms with Crippen LogP contribution in [-0.4, -0.2) is 24.1 Å². The lowest BCUT2D eigenvalue weighted by molar-refractivity contribution is -0.122. The third kappa shape index (κ3) is 3.51. The number of carbonyl (C=O) groups excluding carboxylic acids is 1. The van der Waals surface area contributed by atoms with Gasteiger partial charge in [0.2, 0.25) is 5.91 Å². The first-order valence-corrected chi connectivity index (χ1v) is 8.04. The van der Waals surface area contributed by atoms with Crippen molar-refractivity contribution >= 4 is 11.9 Å². The number of aromatic carboxylic acids is 1. The Morgan fingerprint density at radius 2 is 2.04 bits per heavy atom. The van der Waals surface area contributed by atoms with Gasteiger partial charge in [-0.05, 0) is 41.7 Å². The van der Waals surface area contributed by atoms with E-state index in [0.29, 0.717) is 12.0 Å². The lowest BCUT2D eigenvalue weighted by atomic mass is 10.1. The lowest BCUT2D eigenvalue weighted by Crippen LogP contribution is -2.25. The molecule has 0 radical (unpaired) electrons. The zero-order valence-electron chi connectivity index (χ0n) is 14.0. The molecule has 2 aromatic rings. The Labute approximate surface area is 148 Å². The van der Waals surface area contributed by atoms with E-state index in [1.165, 1.54) is 25.3 Å². The first kappa shape index (κ1) is 17.8. The van der Waals surface area contributed by atoms with Crippen LogP contribution < -0.4 is 10.1 Å². The van der Waals surface area contributed by atoms with Crippen molar-refractivity contribution in [1.29, 1.82) is 0 Å². The Morgan fingerprint density at radius 1 is 1.27 bits per heavy atom. The molecular formula is C19H17F2NO4. The van der Waals surface area contributed by atoms with Gasteiger partial charge in [0, 0.05) is 12.5 Å². The molecule has 0 aromatic heterocycles. The fraction of sp³-hybridized carbons (Fsp3) is 0.263. The summed E-state index contributed by atoms with van der Waals surface area (Å²) in [6, 6.07) is 8.50. The molecule has 7 heteroatoms. The van der Waals surface area contributed by atoms with E-state index in [-0.39, 0.29) is 35.2 Å². The summed E-state index contributed by atoms with van der Waals surface area (Å²) in [7, 11) is 1.37.